The van der Waals surface area contributed by atoms with Crippen LogP contribution in [-0.4, -0.2) is 69.6 Å². The first-order chi connectivity index (χ1) is 16.9. The number of carbonyl (C=O) groups excluding carboxylic acids is 1. The zero-order valence-corrected chi connectivity index (χ0v) is 20.0. The molecule has 1 atom stereocenters. The summed E-state index contributed by atoms with van der Waals surface area (Å²) in [6, 6.07) is 5.98. The zero-order valence-electron chi connectivity index (χ0n) is 19.1. The summed E-state index contributed by atoms with van der Waals surface area (Å²) in [6.07, 6.45) is 4.56. The molecule has 0 spiro atoms. The molecular formula is C23H22FN7O3S. The first-order valence-corrected chi connectivity index (χ1v) is 11.9. The second kappa shape index (κ2) is 10.1. The van der Waals surface area contributed by atoms with Gasteiger partial charge in [0.15, 0.2) is 11.0 Å². The number of amides is 1. The highest BCUT2D eigenvalue weighted by atomic mass is 32.2. The van der Waals surface area contributed by atoms with E-state index in [-0.39, 0.29) is 35.3 Å². The molecule has 2 aromatic heterocycles. The van der Waals surface area contributed by atoms with E-state index in [4.69, 9.17) is 4.74 Å². The molecular weight excluding hydrogens is 473 g/mol. The minimum absolute atomic E-state index is 0.0705. The Morgan fingerprint density at radius 1 is 1.40 bits per heavy atom. The van der Waals surface area contributed by atoms with E-state index < -0.39 is 11.4 Å². The Morgan fingerprint density at radius 3 is 2.89 bits per heavy atom. The van der Waals surface area contributed by atoms with Crippen LogP contribution >= 0.6 is 11.8 Å². The summed E-state index contributed by atoms with van der Waals surface area (Å²) in [7, 11) is 1.38. The molecule has 0 radical (unpaired) electrons. The van der Waals surface area contributed by atoms with Crippen molar-refractivity contribution in [2.24, 2.45) is 0 Å². The number of nitriles is 1. The second-order valence-corrected chi connectivity index (χ2v) is 8.42. The summed E-state index contributed by atoms with van der Waals surface area (Å²) in [5.41, 5.74) is -0.668. The number of piperazine rings is 1. The average Bonchev–Trinajstić information content (AvgIpc) is 2.88. The van der Waals surface area contributed by atoms with E-state index in [1.54, 1.807) is 11.2 Å². The van der Waals surface area contributed by atoms with Crippen LogP contribution in [0.1, 0.15) is 6.42 Å². The van der Waals surface area contributed by atoms with Gasteiger partial charge < -0.3 is 14.5 Å². The Balaban J connectivity index is 1.85. The van der Waals surface area contributed by atoms with Crippen LogP contribution in [0.25, 0.3) is 16.6 Å². The number of ether oxygens (including phenoxy) is 1. The first-order valence-electron chi connectivity index (χ1n) is 10.6. The number of hydrogen-bond donors (Lipinski definition) is 0. The van der Waals surface area contributed by atoms with Crippen molar-refractivity contribution in [3.05, 3.63) is 53.2 Å². The highest BCUT2D eigenvalue weighted by Crippen LogP contribution is 2.29. The lowest BCUT2D eigenvalue weighted by atomic mass is 10.1. The number of carbonyl (C=O) groups is 1. The molecule has 35 heavy (non-hydrogen) atoms. The van der Waals surface area contributed by atoms with Crippen LogP contribution in [0.2, 0.25) is 0 Å². The number of halogens is 1. The van der Waals surface area contributed by atoms with Gasteiger partial charge in [-0.1, -0.05) is 24.4 Å². The molecule has 12 heteroatoms. The van der Waals surface area contributed by atoms with Gasteiger partial charge in [-0.25, -0.2) is 14.4 Å². The molecule has 1 unspecified atom stereocenters. The fourth-order valence-electron chi connectivity index (χ4n) is 4.08. The Kier molecular flexibility index (Phi) is 6.97. The van der Waals surface area contributed by atoms with Crippen molar-refractivity contribution in [1.29, 1.82) is 5.26 Å². The molecule has 0 bridgehead atoms. The minimum Gasteiger partial charge on any atom is -0.494 e. The van der Waals surface area contributed by atoms with Crippen LogP contribution < -0.4 is 15.2 Å². The van der Waals surface area contributed by atoms with E-state index >= 15 is 0 Å². The van der Waals surface area contributed by atoms with Gasteiger partial charge in [0.05, 0.1) is 37.2 Å². The van der Waals surface area contributed by atoms with Crippen LogP contribution in [0.5, 0.6) is 5.75 Å². The van der Waals surface area contributed by atoms with Crippen LogP contribution in [-0.2, 0) is 4.79 Å². The molecule has 0 aliphatic carbocycles. The van der Waals surface area contributed by atoms with E-state index in [1.807, 2.05) is 4.90 Å². The highest BCUT2D eigenvalue weighted by Gasteiger charge is 2.31. The Bertz CT molecular complexity index is 1400. The summed E-state index contributed by atoms with van der Waals surface area (Å²) in [4.78, 5) is 38.2. The smallest absolute Gasteiger partial charge is 0.298 e. The van der Waals surface area contributed by atoms with Crippen LogP contribution in [0.4, 0.5) is 10.2 Å². The van der Waals surface area contributed by atoms with E-state index in [1.165, 1.54) is 49.3 Å². The second-order valence-electron chi connectivity index (χ2n) is 7.65. The first kappa shape index (κ1) is 24.2. The monoisotopic (exact) mass is 495 g/mol. The topological polar surface area (TPSA) is 117 Å². The van der Waals surface area contributed by atoms with E-state index in [2.05, 4.69) is 27.7 Å². The molecule has 1 amide bonds. The molecule has 0 N–H and O–H groups in total. The van der Waals surface area contributed by atoms with Gasteiger partial charge in [-0.2, -0.15) is 15.0 Å². The Morgan fingerprint density at radius 2 is 2.20 bits per heavy atom. The molecule has 1 aliphatic rings. The van der Waals surface area contributed by atoms with Crippen molar-refractivity contribution in [3.63, 3.8) is 0 Å². The lowest BCUT2D eigenvalue weighted by Gasteiger charge is -2.41. The van der Waals surface area contributed by atoms with Crippen LogP contribution in [0, 0.1) is 17.1 Å². The SMILES string of the molecule is C=CC(=O)N1CCN(c2nc(SC)nc3c(=O)n(-c4c(F)cccc4OC)ncc23)CC1CC#N. The predicted molar refractivity (Wildman–Crippen MR) is 129 cm³/mol. The summed E-state index contributed by atoms with van der Waals surface area (Å²) >= 11 is 1.26. The van der Waals surface area contributed by atoms with E-state index in [0.29, 0.717) is 36.0 Å². The number of hydrogen-bond acceptors (Lipinski definition) is 9. The molecule has 10 nitrogen and oxygen atoms in total. The van der Waals surface area contributed by atoms with Crippen molar-refractivity contribution >= 4 is 34.4 Å². The van der Waals surface area contributed by atoms with Crippen molar-refractivity contribution in [1.82, 2.24) is 24.6 Å². The van der Waals surface area contributed by atoms with Crippen LogP contribution in [0.3, 0.4) is 0 Å². The van der Waals surface area contributed by atoms with E-state index in [0.717, 1.165) is 4.68 Å². The molecule has 180 valence electrons. The molecule has 1 aromatic carbocycles. The van der Waals surface area contributed by atoms with Crippen LogP contribution in [0.15, 0.2) is 47.0 Å². The van der Waals surface area contributed by atoms with Gasteiger partial charge in [-0.15, -0.1) is 0 Å². The number of anilines is 1. The largest absolute Gasteiger partial charge is 0.494 e. The van der Waals surface area contributed by atoms with Gasteiger partial charge in [0.1, 0.15) is 22.8 Å². The summed E-state index contributed by atoms with van der Waals surface area (Å²) in [6.45, 7) is 4.65. The zero-order chi connectivity index (χ0) is 25.1. The van der Waals surface area contributed by atoms with Gasteiger partial charge in [-0.3, -0.25) is 9.59 Å². The number of fused-ring (bicyclic) bond motifs is 1. The van der Waals surface area contributed by atoms with Gasteiger partial charge in [-0.05, 0) is 24.5 Å². The average molecular weight is 496 g/mol. The number of para-hydroxylation sites is 1. The normalized spacial score (nSPS) is 15.7. The summed E-state index contributed by atoms with van der Waals surface area (Å²) in [5.74, 6) is -0.295. The van der Waals surface area contributed by atoms with Crippen molar-refractivity contribution in [3.8, 4) is 17.5 Å². The minimum atomic E-state index is -0.667. The number of benzene rings is 1. The molecule has 3 heterocycles. The lowest BCUT2D eigenvalue weighted by molar-refractivity contribution is -0.128. The van der Waals surface area contributed by atoms with E-state index in [9.17, 15) is 19.2 Å². The standard InChI is InChI=1S/C23H22FN7O3S/c1-4-18(32)30-11-10-29(13-14(30)8-9-25)21-15-12-26-31(20-16(24)6-5-7-17(20)34-2)22(33)19(15)27-23(28-21)35-3/h4-7,12,14H,1,8,10-11,13H2,2-3H3. The summed E-state index contributed by atoms with van der Waals surface area (Å²) in [5, 5.41) is 14.2. The molecule has 0 saturated carbocycles. The number of rotatable bonds is 6. The maximum atomic E-state index is 14.7. The summed E-state index contributed by atoms with van der Waals surface area (Å²) < 4.78 is 20.8. The van der Waals surface area contributed by atoms with Crippen molar-refractivity contribution in [2.45, 2.75) is 17.6 Å². The Hall–Kier alpha value is -3.98. The fraction of sp³-hybridized carbons (Fsp3) is 0.304. The quantitative estimate of drug-likeness (QED) is 0.288. The molecule has 1 saturated heterocycles. The maximum absolute atomic E-state index is 14.7. The highest BCUT2D eigenvalue weighted by molar-refractivity contribution is 7.98. The maximum Gasteiger partial charge on any atom is 0.298 e. The third-order valence-electron chi connectivity index (χ3n) is 5.73. The predicted octanol–water partition coefficient (Wildman–Crippen LogP) is 2.16. The number of methoxy groups -OCH3 is 1. The lowest BCUT2D eigenvalue weighted by Crippen LogP contribution is -2.55. The van der Waals surface area contributed by atoms with Gasteiger partial charge >= 0.3 is 0 Å². The molecule has 3 aromatic rings. The molecule has 4 rings (SSSR count). The molecule has 1 fully saturated rings. The molecule has 1 aliphatic heterocycles. The third-order valence-corrected chi connectivity index (χ3v) is 6.28. The number of thioether (sulfide) groups is 1. The number of aromatic nitrogens is 4. The van der Waals surface area contributed by atoms with Gasteiger partial charge in [0.2, 0.25) is 5.91 Å². The van der Waals surface area contributed by atoms with Crippen molar-refractivity contribution < 1.29 is 13.9 Å². The third kappa shape index (κ3) is 4.42. The fourth-order valence-corrected chi connectivity index (χ4v) is 4.44. The van der Waals surface area contributed by atoms with Gasteiger partial charge in [0, 0.05) is 19.6 Å². The number of nitrogens with zero attached hydrogens (tertiary/aromatic N) is 7. The van der Waals surface area contributed by atoms with Crippen molar-refractivity contribution in [2.75, 3.05) is 37.9 Å². The van der Waals surface area contributed by atoms with Gasteiger partial charge in [0.25, 0.3) is 5.56 Å². The Labute approximate surface area is 204 Å².